The lowest BCUT2D eigenvalue weighted by atomic mass is 9.89. The third kappa shape index (κ3) is 2.47. The van der Waals surface area contributed by atoms with Gasteiger partial charge in [-0.15, -0.1) is 0 Å². The summed E-state index contributed by atoms with van der Waals surface area (Å²) in [6.45, 7) is 2.03. The van der Waals surface area contributed by atoms with Crippen LogP contribution in [0.5, 0.6) is 0 Å². The molecule has 0 aromatic heterocycles. The van der Waals surface area contributed by atoms with Gasteiger partial charge < -0.3 is 5.73 Å². The fraction of sp³-hybridized carbons (Fsp3) is 0.400. The monoisotopic (exact) mass is 292 g/mol. The third-order valence-corrected chi connectivity index (χ3v) is 5.32. The summed E-state index contributed by atoms with van der Waals surface area (Å²) in [5, 5.41) is 0. The van der Waals surface area contributed by atoms with Crippen LogP contribution in [0.3, 0.4) is 0 Å². The average Bonchev–Trinajstić information content (AvgIpc) is 2.72. The van der Waals surface area contributed by atoms with E-state index in [-0.39, 0.29) is 0 Å². The Morgan fingerprint density at radius 2 is 1.32 bits per heavy atom. The lowest BCUT2D eigenvalue weighted by molar-refractivity contribution is 0.123. The summed E-state index contributed by atoms with van der Waals surface area (Å²) in [7, 11) is 0. The van der Waals surface area contributed by atoms with Gasteiger partial charge in [-0.25, -0.2) is 0 Å². The van der Waals surface area contributed by atoms with Crippen molar-refractivity contribution >= 4 is 0 Å². The zero-order valence-corrected chi connectivity index (χ0v) is 13.0. The van der Waals surface area contributed by atoms with E-state index in [2.05, 4.69) is 53.4 Å². The van der Waals surface area contributed by atoms with Gasteiger partial charge in [-0.1, -0.05) is 61.4 Å². The van der Waals surface area contributed by atoms with Gasteiger partial charge in [-0.3, -0.25) is 4.90 Å². The van der Waals surface area contributed by atoms with E-state index in [0.29, 0.717) is 12.1 Å². The van der Waals surface area contributed by atoms with E-state index in [9.17, 15) is 0 Å². The highest BCUT2D eigenvalue weighted by atomic mass is 15.2. The predicted molar refractivity (Wildman–Crippen MR) is 91.4 cm³/mol. The second kappa shape index (κ2) is 5.86. The Hall–Kier alpha value is -1.64. The van der Waals surface area contributed by atoms with Gasteiger partial charge in [0.05, 0.1) is 0 Å². The fourth-order valence-electron chi connectivity index (χ4n) is 4.16. The summed E-state index contributed by atoms with van der Waals surface area (Å²) < 4.78 is 0. The van der Waals surface area contributed by atoms with Crippen molar-refractivity contribution in [2.24, 2.45) is 5.73 Å². The Bertz CT molecular complexity index is 617. The number of hydrogen-bond acceptors (Lipinski definition) is 2. The van der Waals surface area contributed by atoms with Gasteiger partial charge in [0.25, 0.3) is 0 Å². The standard InChI is InChI=1S/C20H24N2/c21-19-11-5-6-12-20(19)22-13-15-7-1-3-9-17(15)18-10-4-2-8-16(18)14-22/h1-4,7-10,19-20H,5-6,11-14,21H2/t19-,20-/m1/s1. The van der Waals surface area contributed by atoms with Crippen LogP contribution in [0.25, 0.3) is 11.1 Å². The van der Waals surface area contributed by atoms with Crippen molar-refractivity contribution in [3.05, 3.63) is 59.7 Å². The highest BCUT2D eigenvalue weighted by Gasteiger charge is 2.30. The molecule has 1 aliphatic carbocycles. The molecule has 0 unspecified atom stereocenters. The highest BCUT2D eigenvalue weighted by molar-refractivity contribution is 5.71. The summed E-state index contributed by atoms with van der Waals surface area (Å²) in [6.07, 6.45) is 5.02. The summed E-state index contributed by atoms with van der Waals surface area (Å²) in [6, 6.07) is 18.5. The molecular weight excluding hydrogens is 268 g/mol. The molecule has 0 amide bonds. The van der Waals surface area contributed by atoms with E-state index in [4.69, 9.17) is 5.73 Å². The fourth-order valence-corrected chi connectivity index (χ4v) is 4.16. The Labute approximate surface area is 132 Å². The van der Waals surface area contributed by atoms with Crippen LogP contribution in [0.1, 0.15) is 36.8 Å². The topological polar surface area (TPSA) is 29.3 Å². The van der Waals surface area contributed by atoms with Crippen molar-refractivity contribution in [1.29, 1.82) is 0 Å². The van der Waals surface area contributed by atoms with Crippen LogP contribution in [-0.2, 0) is 13.1 Å². The van der Waals surface area contributed by atoms with Crippen molar-refractivity contribution < 1.29 is 0 Å². The van der Waals surface area contributed by atoms with Crippen LogP contribution >= 0.6 is 0 Å². The van der Waals surface area contributed by atoms with Gasteiger partial charge in [0.2, 0.25) is 0 Å². The zero-order valence-electron chi connectivity index (χ0n) is 13.0. The molecule has 0 spiro atoms. The molecule has 22 heavy (non-hydrogen) atoms. The number of rotatable bonds is 1. The number of hydrogen-bond donors (Lipinski definition) is 1. The summed E-state index contributed by atoms with van der Waals surface area (Å²) in [5.74, 6) is 0. The van der Waals surface area contributed by atoms with Crippen LogP contribution in [-0.4, -0.2) is 17.0 Å². The molecule has 2 atom stereocenters. The molecule has 1 aliphatic heterocycles. The molecule has 1 fully saturated rings. The molecule has 2 aromatic carbocycles. The highest BCUT2D eigenvalue weighted by Crippen LogP contribution is 2.35. The maximum atomic E-state index is 6.46. The van der Waals surface area contributed by atoms with E-state index < -0.39 is 0 Å². The number of nitrogens with two attached hydrogens (primary N) is 1. The summed E-state index contributed by atoms with van der Waals surface area (Å²) in [5.41, 5.74) is 12.1. The van der Waals surface area contributed by atoms with Crippen LogP contribution in [0.4, 0.5) is 0 Å². The van der Waals surface area contributed by atoms with Crippen molar-refractivity contribution in [2.75, 3.05) is 0 Å². The molecule has 2 aliphatic rings. The minimum absolute atomic E-state index is 0.325. The van der Waals surface area contributed by atoms with Crippen molar-refractivity contribution in [1.82, 2.24) is 4.90 Å². The van der Waals surface area contributed by atoms with Gasteiger partial charge in [0.15, 0.2) is 0 Å². The van der Waals surface area contributed by atoms with Crippen LogP contribution in [0.2, 0.25) is 0 Å². The van der Waals surface area contributed by atoms with Crippen LogP contribution in [0, 0.1) is 0 Å². The van der Waals surface area contributed by atoms with Crippen molar-refractivity contribution in [3.8, 4) is 11.1 Å². The first kappa shape index (κ1) is 14.0. The molecular formula is C20H24N2. The van der Waals surface area contributed by atoms with Crippen LogP contribution in [0.15, 0.2) is 48.5 Å². The number of benzene rings is 2. The van der Waals surface area contributed by atoms with Gasteiger partial charge in [-0.2, -0.15) is 0 Å². The molecule has 2 aromatic rings. The van der Waals surface area contributed by atoms with Crippen molar-refractivity contribution in [3.63, 3.8) is 0 Å². The van der Waals surface area contributed by atoms with Gasteiger partial charge in [0, 0.05) is 25.2 Å². The quantitative estimate of drug-likeness (QED) is 0.862. The van der Waals surface area contributed by atoms with Gasteiger partial charge in [0.1, 0.15) is 0 Å². The molecule has 0 saturated heterocycles. The first-order valence-corrected chi connectivity index (χ1v) is 8.49. The van der Waals surface area contributed by atoms with Crippen LogP contribution < -0.4 is 5.73 Å². The van der Waals surface area contributed by atoms with E-state index in [1.54, 1.807) is 0 Å². The Morgan fingerprint density at radius 3 is 1.91 bits per heavy atom. The molecule has 2 nitrogen and oxygen atoms in total. The molecule has 0 bridgehead atoms. The number of fused-ring (bicyclic) bond motifs is 3. The molecule has 4 rings (SSSR count). The molecule has 2 N–H and O–H groups in total. The largest absolute Gasteiger partial charge is 0.326 e. The molecule has 2 heteroatoms. The molecule has 1 saturated carbocycles. The lowest BCUT2D eigenvalue weighted by Crippen LogP contribution is -2.48. The van der Waals surface area contributed by atoms with Gasteiger partial charge in [-0.05, 0) is 35.1 Å². The van der Waals surface area contributed by atoms with Gasteiger partial charge >= 0.3 is 0 Å². The van der Waals surface area contributed by atoms with E-state index in [1.165, 1.54) is 47.9 Å². The van der Waals surface area contributed by atoms with E-state index in [1.807, 2.05) is 0 Å². The Kier molecular flexibility index (Phi) is 3.73. The summed E-state index contributed by atoms with van der Waals surface area (Å²) in [4.78, 5) is 2.62. The van der Waals surface area contributed by atoms with E-state index in [0.717, 1.165) is 13.1 Å². The first-order valence-electron chi connectivity index (χ1n) is 8.49. The number of nitrogens with zero attached hydrogens (tertiary/aromatic N) is 1. The Balaban J connectivity index is 1.76. The second-order valence-corrected chi connectivity index (χ2v) is 6.73. The Morgan fingerprint density at radius 1 is 0.773 bits per heavy atom. The average molecular weight is 292 g/mol. The minimum Gasteiger partial charge on any atom is -0.326 e. The molecule has 0 radical (unpaired) electrons. The van der Waals surface area contributed by atoms with E-state index >= 15 is 0 Å². The third-order valence-electron chi connectivity index (χ3n) is 5.32. The predicted octanol–water partition coefficient (Wildman–Crippen LogP) is 3.94. The maximum absolute atomic E-state index is 6.46. The first-order chi connectivity index (χ1) is 10.8. The molecule has 1 heterocycles. The second-order valence-electron chi connectivity index (χ2n) is 6.73. The normalized spacial score (nSPS) is 25.1. The molecule has 114 valence electrons. The maximum Gasteiger partial charge on any atom is 0.0254 e. The zero-order chi connectivity index (χ0) is 14.9. The van der Waals surface area contributed by atoms with Crippen molar-refractivity contribution in [2.45, 2.75) is 50.9 Å². The smallest absolute Gasteiger partial charge is 0.0254 e. The SMILES string of the molecule is N[C@@H]1CCCC[C@H]1N1Cc2ccccc2-c2ccccc2C1. The summed E-state index contributed by atoms with van der Waals surface area (Å²) >= 11 is 0. The minimum atomic E-state index is 0.325. The lowest BCUT2D eigenvalue weighted by Gasteiger charge is -2.38.